The highest BCUT2D eigenvalue weighted by Crippen LogP contribution is 2.66. The zero-order valence-corrected chi connectivity index (χ0v) is 24.2. The van der Waals surface area contributed by atoms with Crippen molar-refractivity contribution in [3.63, 3.8) is 0 Å². The summed E-state index contributed by atoms with van der Waals surface area (Å²) in [5, 5.41) is 0. The van der Waals surface area contributed by atoms with Crippen LogP contribution >= 0.6 is 0 Å². The highest BCUT2D eigenvalue weighted by Gasteiger charge is 2.65. The highest BCUT2D eigenvalue weighted by atomic mass is 16.5. The average Bonchev–Trinajstić information content (AvgIpc) is 3.26. The molecule has 1 aromatic rings. The van der Waals surface area contributed by atoms with Crippen molar-refractivity contribution in [2.24, 2.45) is 28.6 Å². The summed E-state index contributed by atoms with van der Waals surface area (Å²) in [7, 11) is 5.58. The number of nitrogens with zero attached hydrogens (tertiary/aromatic N) is 2. The van der Waals surface area contributed by atoms with Crippen LogP contribution in [0.5, 0.6) is 0 Å². The first-order chi connectivity index (χ1) is 17.1. The Bertz CT molecular complexity index is 922. The van der Waals surface area contributed by atoms with Crippen molar-refractivity contribution in [3.05, 3.63) is 23.2 Å². The molecule has 2 saturated carbocycles. The van der Waals surface area contributed by atoms with Crippen molar-refractivity contribution in [1.82, 2.24) is 9.80 Å². The van der Waals surface area contributed by atoms with Gasteiger partial charge in [0.15, 0.2) is 0 Å². The van der Waals surface area contributed by atoms with E-state index >= 15 is 0 Å². The Morgan fingerprint density at radius 2 is 1.72 bits per heavy atom. The zero-order valence-electron chi connectivity index (χ0n) is 24.2. The molecule has 3 aliphatic carbocycles. The van der Waals surface area contributed by atoms with Gasteiger partial charge in [0, 0.05) is 45.7 Å². The first kappa shape index (κ1) is 27.7. The van der Waals surface area contributed by atoms with Crippen LogP contribution in [0.15, 0.2) is 10.5 Å². The molecule has 2 fully saturated rings. The summed E-state index contributed by atoms with van der Waals surface area (Å²) in [4.78, 5) is 18.4. The fourth-order valence-electron chi connectivity index (χ4n) is 8.56. The van der Waals surface area contributed by atoms with Gasteiger partial charge < -0.3 is 18.8 Å². The molecule has 4 rings (SSSR count). The summed E-state index contributed by atoms with van der Waals surface area (Å²) in [5.41, 5.74) is 1.28. The molecule has 1 aromatic heterocycles. The number of furan rings is 1. The summed E-state index contributed by atoms with van der Waals surface area (Å²) in [6, 6.07) is 2.18. The maximum absolute atomic E-state index is 14.1. The number of hydrogen-bond donors (Lipinski definition) is 0. The average molecular weight is 503 g/mol. The lowest BCUT2D eigenvalue weighted by Crippen LogP contribution is -2.66. The number of rotatable bonds is 8. The van der Waals surface area contributed by atoms with Gasteiger partial charge >= 0.3 is 0 Å². The van der Waals surface area contributed by atoms with Crippen LogP contribution in [0.25, 0.3) is 0 Å². The Hall–Kier alpha value is -1.37. The van der Waals surface area contributed by atoms with Gasteiger partial charge in [-0.2, -0.15) is 0 Å². The van der Waals surface area contributed by atoms with Crippen molar-refractivity contribution in [3.8, 4) is 0 Å². The molecule has 1 heterocycles. The standard InChI is InChI=1S/C30H50N2O4/c1-10-31(7)28(33)23-20-16-19(18-32(11-2)12-3)36-22(20)17-21-24(23)25(34-8)26(35-9)27-29(4,5)14-13-15-30(21,27)6/h16,21,23-27H,10-15,17-18H2,1-9H3/t21-,23+,24+,25+,26-,27?,30+/m0/s1. The van der Waals surface area contributed by atoms with Crippen LogP contribution in [0.1, 0.15) is 83.8 Å². The molecule has 6 nitrogen and oxygen atoms in total. The smallest absolute Gasteiger partial charge is 0.230 e. The van der Waals surface area contributed by atoms with E-state index in [1.807, 2.05) is 33.1 Å². The fourth-order valence-corrected chi connectivity index (χ4v) is 8.56. The largest absolute Gasteiger partial charge is 0.464 e. The van der Waals surface area contributed by atoms with E-state index in [0.717, 1.165) is 49.6 Å². The van der Waals surface area contributed by atoms with Gasteiger partial charge in [0.2, 0.25) is 5.91 Å². The van der Waals surface area contributed by atoms with E-state index in [0.29, 0.717) is 18.4 Å². The van der Waals surface area contributed by atoms with Gasteiger partial charge in [-0.1, -0.05) is 41.0 Å². The van der Waals surface area contributed by atoms with Crippen LogP contribution in [-0.2, 0) is 27.2 Å². The summed E-state index contributed by atoms with van der Waals surface area (Å²) in [5.74, 6) is 2.63. The minimum Gasteiger partial charge on any atom is -0.464 e. The third kappa shape index (κ3) is 4.35. The van der Waals surface area contributed by atoms with Crippen LogP contribution < -0.4 is 0 Å². The van der Waals surface area contributed by atoms with Gasteiger partial charge in [-0.25, -0.2) is 0 Å². The van der Waals surface area contributed by atoms with Crippen molar-refractivity contribution in [2.75, 3.05) is 40.9 Å². The van der Waals surface area contributed by atoms with Gasteiger partial charge in [0.05, 0.1) is 24.7 Å². The number of carbonyl (C=O) groups excluding carboxylic acids is 1. The second-order valence-electron chi connectivity index (χ2n) is 12.5. The number of hydrogen-bond acceptors (Lipinski definition) is 5. The molecule has 3 aliphatic rings. The second-order valence-corrected chi connectivity index (χ2v) is 12.5. The van der Waals surface area contributed by atoms with E-state index in [2.05, 4.69) is 45.6 Å². The molecule has 1 amide bonds. The third-order valence-electron chi connectivity index (χ3n) is 10.4. The van der Waals surface area contributed by atoms with Gasteiger partial charge in [0.1, 0.15) is 11.5 Å². The molecule has 7 atom stereocenters. The second kappa shape index (κ2) is 10.4. The van der Waals surface area contributed by atoms with Crippen LogP contribution in [-0.4, -0.2) is 68.8 Å². The predicted molar refractivity (Wildman–Crippen MR) is 143 cm³/mol. The lowest BCUT2D eigenvalue weighted by Gasteiger charge is -2.65. The Labute approximate surface area is 219 Å². The van der Waals surface area contributed by atoms with Gasteiger partial charge in [-0.3, -0.25) is 9.69 Å². The Morgan fingerprint density at radius 3 is 2.31 bits per heavy atom. The van der Waals surface area contributed by atoms with E-state index in [1.165, 1.54) is 12.8 Å². The van der Waals surface area contributed by atoms with E-state index in [-0.39, 0.29) is 40.8 Å². The molecule has 0 saturated heterocycles. The number of fused-ring (bicyclic) bond motifs is 4. The molecule has 0 spiro atoms. The van der Waals surface area contributed by atoms with Crippen LogP contribution in [0, 0.1) is 28.6 Å². The lowest BCUT2D eigenvalue weighted by atomic mass is 9.42. The molecule has 6 heteroatoms. The van der Waals surface area contributed by atoms with Crippen LogP contribution in [0.4, 0.5) is 0 Å². The number of likely N-dealkylation sites (N-methyl/N-ethyl adjacent to an activating group) is 1. The summed E-state index contributed by atoms with van der Waals surface area (Å²) in [6.07, 6.45) is 4.26. The van der Waals surface area contributed by atoms with Gasteiger partial charge in [-0.05, 0) is 61.6 Å². The molecular weight excluding hydrogens is 452 g/mol. The number of amides is 1. The normalized spacial score (nSPS) is 35.2. The van der Waals surface area contributed by atoms with E-state index in [4.69, 9.17) is 13.9 Å². The Morgan fingerprint density at radius 1 is 1.06 bits per heavy atom. The summed E-state index contributed by atoms with van der Waals surface area (Å²) in [6.45, 7) is 17.1. The highest BCUT2D eigenvalue weighted by molar-refractivity contribution is 5.85. The first-order valence-electron chi connectivity index (χ1n) is 14.2. The molecule has 204 valence electrons. The Kier molecular flexibility index (Phi) is 8.00. The molecular formula is C30H50N2O4. The van der Waals surface area contributed by atoms with E-state index in [1.54, 1.807) is 0 Å². The molecule has 0 radical (unpaired) electrons. The minimum atomic E-state index is -0.275. The van der Waals surface area contributed by atoms with Crippen LogP contribution in [0.3, 0.4) is 0 Å². The number of ether oxygens (including phenoxy) is 2. The van der Waals surface area contributed by atoms with E-state index < -0.39 is 0 Å². The third-order valence-corrected chi connectivity index (χ3v) is 10.4. The predicted octanol–water partition coefficient (Wildman–Crippen LogP) is 5.35. The maximum Gasteiger partial charge on any atom is 0.230 e. The molecule has 36 heavy (non-hydrogen) atoms. The van der Waals surface area contributed by atoms with E-state index in [9.17, 15) is 4.79 Å². The summed E-state index contributed by atoms with van der Waals surface area (Å²) < 4.78 is 19.3. The maximum atomic E-state index is 14.1. The Balaban J connectivity index is 1.88. The zero-order chi connectivity index (χ0) is 26.4. The van der Waals surface area contributed by atoms with Crippen molar-refractivity contribution < 1.29 is 18.7 Å². The minimum absolute atomic E-state index is 0.0395. The molecule has 0 N–H and O–H groups in total. The van der Waals surface area contributed by atoms with Crippen molar-refractivity contribution >= 4 is 5.91 Å². The fraction of sp³-hybridized carbons (Fsp3) is 0.833. The topological polar surface area (TPSA) is 55.2 Å². The molecule has 0 aliphatic heterocycles. The molecule has 0 bridgehead atoms. The van der Waals surface area contributed by atoms with Gasteiger partial charge in [-0.15, -0.1) is 0 Å². The molecule has 1 unspecified atom stereocenters. The lowest BCUT2D eigenvalue weighted by molar-refractivity contribution is -0.232. The first-order valence-corrected chi connectivity index (χ1v) is 14.2. The quantitative estimate of drug-likeness (QED) is 0.480. The number of methoxy groups -OCH3 is 2. The monoisotopic (exact) mass is 502 g/mol. The van der Waals surface area contributed by atoms with Crippen molar-refractivity contribution in [2.45, 2.75) is 91.9 Å². The van der Waals surface area contributed by atoms with Gasteiger partial charge in [0.25, 0.3) is 0 Å². The van der Waals surface area contributed by atoms with Crippen molar-refractivity contribution in [1.29, 1.82) is 0 Å². The van der Waals surface area contributed by atoms with Crippen LogP contribution in [0.2, 0.25) is 0 Å². The number of carbonyl (C=O) groups is 1. The molecule has 0 aromatic carbocycles. The summed E-state index contributed by atoms with van der Waals surface area (Å²) >= 11 is 0. The SMILES string of the molecule is CCN(CC)Cc1cc2c(o1)C[C@H]1[C@@H]([C@@H](OC)[C@H](OC)C3C(C)(C)CCC[C@@]31C)[C@@H]2C(=O)N(C)CC.